The molecule has 18 heavy (non-hydrogen) atoms. The number of unbranched alkanes of at least 4 members (excludes halogenated alkanes) is 2. The molecule has 0 atom stereocenters. The fourth-order valence-corrected chi connectivity index (χ4v) is 2.07. The Morgan fingerprint density at radius 1 is 1.28 bits per heavy atom. The van der Waals surface area contributed by atoms with Gasteiger partial charge in [-0.25, -0.2) is 0 Å². The summed E-state index contributed by atoms with van der Waals surface area (Å²) in [6, 6.07) is 6.09. The molecule has 0 fully saturated rings. The monoisotopic (exact) mass is 315 g/mol. The van der Waals surface area contributed by atoms with E-state index in [-0.39, 0.29) is 6.61 Å². The Morgan fingerprint density at radius 3 is 2.83 bits per heavy atom. The number of ether oxygens (including phenoxy) is 1. The summed E-state index contributed by atoms with van der Waals surface area (Å²) in [4.78, 5) is 0. The molecule has 1 aromatic carbocycles. The minimum Gasteiger partial charge on any atom is -0.493 e. The SMILES string of the molecule is CCNCc1cc(Br)ccc1OCCCCCO. The van der Waals surface area contributed by atoms with Gasteiger partial charge in [-0.3, -0.25) is 0 Å². The van der Waals surface area contributed by atoms with Crippen LogP contribution >= 0.6 is 15.9 Å². The van der Waals surface area contributed by atoms with Gasteiger partial charge in [0.15, 0.2) is 0 Å². The Morgan fingerprint density at radius 2 is 2.11 bits per heavy atom. The van der Waals surface area contributed by atoms with Crippen LogP contribution in [0.15, 0.2) is 22.7 Å². The summed E-state index contributed by atoms with van der Waals surface area (Å²) in [5.41, 5.74) is 1.17. The van der Waals surface area contributed by atoms with Crippen molar-refractivity contribution in [3.8, 4) is 5.75 Å². The van der Waals surface area contributed by atoms with E-state index >= 15 is 0 Å². The highest BCUT2D eigenvalue weighted by Gasteiger charge is 2.04. The van der Waals surface area contributed by atoms with Crippen LogP contribution in [0.2, 0.25) is 0 Å². The third-order valence-electron chi connectivity index (χ3n) is 2.65. The summed E-state index contributed by atoms with van der Waals surface area (Å²) in [7, 11) is 0. The molecule has 0 aliphatic carbocycles. The van der Waals surface area contributed by atoms with Gasteiger partial charge < -0.3 is 15.2 Å². The minimum absolute atomic E-state index is 0.268. The second-order valence-electron chi connectivity index (χ2n) is 4.17. The lowest BCUT2D eigenvalue weighted by atomic mass is 10.2. The lowest BCUT2D eigenvalue weighted by molar-refractivity contribution is 0.265. The van der Waals surface area contributed by atoms with Crippen LogP contribution in [0.25, 0.3) is 0 Å². The first-order valence-electron chi connectivity index (χ1n) is 6.50. The molecule has 102 valence electrons. The highest BCUT2D eigenvalue weighted by Crippen LogP contribution is 2.23. The molecule has 0 unspecified atom stereocenters. The number of benzene rings is 1. The quantitative estimate of drug-likeness (QED) is 0.688. The van der Waals surface area contributed by atoms with E-state index in [1.807, 2.05) is 12.1 Å². The van der Waals surface area contributed by atoms with E-state index < -0.39 is 0 Å². The first-order valence-corrected chi connectivity index (χ1v) is 7.30. The Hall–Kier alpha value is -0.580. The Kier molecular flexibility index (Phi) is 8.05. The maximum absolute atomic E-state index is 8.70. The highest BCUT2D eigenvalue weighted by molar-refractivity contribution is 9.10. The zero-order valence-corrected chi connectivity index (χ0v) is 12.5. The number of hydrogen-bond acceptors (Lipinski definition) is 3. The van der Waals surface area contributed by atoms with Crippen LogP contribution in [0.5, 0.6) is 5.75 Å². The molecule has 1 aromatic rings. The van der Waals surface area contributed by atoms with E-state index in [9.17, 15) is 0 Å². The number of hydrogen-bond donors (Lipinski definition) is 2. The molecule has 0 amide bonds. The molecule has 0 aliphatic rings. The molecule has 0 saturated heterocycles. The smallest absolute Gasteiger partial charge is 0.123 e. The maximum Gasteiger partial charge on any atom is 0.123 e. The van der Waals surface area contributed by atoms with E-state index in [2.05, 4.69) is 34.2 Å². The average Bonchev–Trinajstić information content (AvgIpc) is 2.38. The summed E-state index contributed by atoms with van der Waals surface area (Å²) >= 11 is 3.48. The van der Waals surface area contributed by atoms with Crippen molar-refractivity contribution in [1.82, 2.24) is 5.32 Å². The van der Waals surface area contributed by atoms with Crippen LogP contribution in [0.4, 0.5) is 0 Å². The second kappa shape index (κ2) is 9.36. The van der Waals surface area contributed by atoms with E-state index in [0.717, 1.165) is 42.6 Å². The molecule has 0 spiro atoms. The summed E-state index contributed by atoms with van der Waals surface area (Å²) in [5.74, 6) is 0.947. The molecule has 2 N–H and O–H groups in total. The summed E-state index contributed by atoms with van der Waals surface area (Å²) < 4.78 is 6.87. The normalized spacial score (nSPS) is 10.6. The van der Waals surface area contributed by atoms with Gasteiger partial charge in [0.2, 0.25) is 0 Å². The van der Waals surface area contributed by atoms with Gasteiger partial charge in [0.25, 0.3) is 0 Å². The van der Waals surface area contributed by atoms with Gasteiger partial charge in [-0.1, -0.05) is 22.9 Å². The van der Waals surface area contributed by atoms with Crippen LogP contribution < -0.4 is 10.1 Å². The number of aliphatic hydroxyl groups excluding tert-OH is 1. The fraction of sp³-hybridized carbons (Fsp3) is 0.571. The summed E-state index contributed by atoms with van der Waals surface area (Å²) in [6.45, 7) is 4.84. The molecular formula is C14H22BrNO2. The molecule has 1 rings (SSSR count). The van der Waals surface area contributed by atoms with Crippen molar-refractivity contribution in [1.29, 1.82) is 0 Å². The fourth-order valence-electron chi connectivity index (χ4n) is 1.66. The lowest BCUT2D eigenvalue weighted by Crippen LogP contribution is -2.13. The molecule has 3 nitrogen and oxygen atoms in total. The first-order chi connectivity index (χ1) is 8.77. The van der Waals surface area contributed by atoms with Gasteiger partial charge in [0, 0.05) is 23.2 Å². The number of halogens is 1. The summed E-state index contributed by atoms with van der Waals surface area (Å²) in [6.07, 6.45) is 2.85. The number of rotatable bonds is 9. The van der Waals surface area contributed by atoms with Crippen molar-refractivity contribution in [3.05, 3.63) is 28.2 Å². The van der Waals surface area contributed by atoms with E-state index in [4.69, 9.17) is 9.84 Å². The Bertz CT molecular complexity index is 345. The van der Waals surface area contributed by atoms with Gasteiger partial charge >= 0.3 is 0 Å². The van der Waals surface area contributed by atoms with Crippen LogP contribution in [-0.4, -0.2) is 24.9 Å². The predicted octanol–water partition coefficient (Wildman–Crippen LogP) is 3.10. The van der Waals surface area contributed by atoms with Crippen LogP contribution in [0, 0.1) is 0 Å². The van der Waals surface area contributed by atoms with Crippen molar-refractivity contribution in [2.24, 2.45) is 0 Å². The van der Waals surface area contributed by atoms with E-state index in [0.29, 0.717) is 6.61 Å². The topological polar surface area (TPSA) is 41.5 Å². The van der Waals surface area contributed by atoms with Gasteiger partial charge in [-0.15, -0.1) is 0 Å². The third-order valence-corrected chi connectivity index (χ3v) is 3.14. The molecule has 0 saturated carbocycles. The van der Waals surface area contributed by atoms with Crippen LogP contribution in [0.1, 0.15) is 31.7 Å². The van der Waals surface area contributed by atoms with Gasteiger partial charge in [0.1, 0.15) is 5.75 Å². The zero-order chi connectivity index (χ0) is 13.2. The standard InChI is InChI=1S/C14H22BrNO2/c1-2-16-11-12-10-13(15)6-7-14(12)18-9-5-3-4-8-17/h6-7,10,16-17H,2-5,8-9,11H2,1H3. The second-order valence-corrected chi connectivity index (χ2v) is 5.08. The van der Waals surface area contributed by atoms with Crippen molar-refractivity contribution < 1.29 is 9.84 Å². The maximum atomic E-state index is 8.70. The number of nitrogens with one attached hydrogen (secondary N) is 1. The van der Waals surface area contributed by atoms with E-state index in [1.54, 1.807) is 0 Å². The average molecular weight is 316 g/mol. The van der Waals surface area contributed by atoms with Crippen LogP contribution in [0.3, 0.4) is 0 Å². The van der Waals surface area contributed by atoms with Crippen molar-refractivity contribution in [3.63, 3.8) is 0 Å². The van der Waals surface area contributed by atoms with Crippen molar-refractivity contribution in [2.75, 3.05) is 19.8 Å². The largest absolute Gasteiger partial charge is 0.493 e. The minimum atomic E-state index is 0.268. The Balaban J connectivity index is 2.47. The highest BCUT2D eigenvalue weighted by atomic mass is 79.9. The summed E-state index contributed by atoms with van der Waals surface area (Å²) in [5, 5.41) is 12.0. The molecule has 0 aromatic heterocycles. The first kappa shape index (κ1) is 15.5. The van der Waals surface area contributed by atoms with Crippen LogP contribution in [-0.2, 0) is 6.54 Å². The predicted molar refractivity (Wildman–Crippen MR) is 78.0 cm³/mol. The zero-order valence-electron chi connectivity index (χ0n) is 10.9. The molecule has 0 radical (unpaired) electrons. The molecule has 0 aliphatic heterocycles. The molecule has 4 heteroatoms. The van der Waals surface area contributed by atoms with E-state index in [1.165, 1.54) is 5.56 Å². The van der Waals surface area contributed by atoms with Gasteiger partial charge in [0.05, 0.1) is 6.61 Å². The van der Waals surface area contributed by atoms with Gasteiger partial charge in [-0.05, 0) is 44.0 Å². The van der Waals surface area contributed by atoms with Crippen molar-refractivity contribution in [2.45, 2.75) is 32.7 Å². The molecular weight excluding hydrogens is 294 g/mol. The van der Waals surface area contributed by atoms with Crippen molar-refractivity contribution >= 4 is 15.9 Å². The van der Waals surface area contributed by atoms with Gasteiger partial charge in [-0.2, -0.15) is 0 Å². The molecule has 0 heterocycles. The Labute approximate surface area is 118 Å². The lowest BCUT2D eigenvalue weighted by Gasteiger charge is -2.12. The molecule has 0 bridgehead atoms. The number of aliphatic hydroxyl groups is 1. The third kappa shape index (κ3) is 5.85.